The van der Waals surface area contributed by atoms with Gasteiger partial charge >= 0.3 is 11.9 Å². The van der Waals surface area contributed by atoms with Crippen LogP contribution in [0, 0.1) is 0 Å². The minimum absolute atomic E-state index is 0.207. The van der Waals surface area contributed by atoms with Gasteiger partial charge in [-0.05, 0) is 24.3 Å². The Hall–Kier alpha value is -2.37. The highest BCUT2D eigenvalue weighted by molar-refractivity contribution is 5.97. The van der Waals surface area contributed by atoms with E-state index in [4.69, 9.17) is 9.84 Å². The molecule has 0 fully saturated rings. The Morgan fingerprint density at radius 2 is 1.79 bits per heavy atom. The Bertz CT molecular complexity index is 480. The molecule has 0 spiro atoms. The topological polar surface area (TPSA) is 83.9 Å². The maximum absolute atomic E-state index is 11.7. The van der Waals surface area contributed by atoms with Gasteiger partial charge in [-0.25, -0.2) is 0 Å². The zero-order chi connectivity index (χ0) is 14.4. The van der Waals surface area contributed by atoms with Crippen LogP contribution in [0.1, 0.15) is 20.3 Å². The summed E-state index contributed by atoms with van der Waals surface area (Å²) >= 11 is 0. The van der Waals surface area contributed by atoms with Gasteiger partial charge in [-0.15, -0.1) is 0 Å². The lowest BCUT2D eigenvalue weighted by atomic mass is 10.2. The van der Waals surface area contributed by atoms with E-state index in [0.717, 1.165) is 0 Å². The molecule has 1 rings (SSSR count). The summed E-state index contributed by atoms with van der Waals surface area (Å²) in [5, 5.41) is 8.80. The molecule has 0 aliphatic carbocycles. The highest BCUT2D eigenvalue weighted by Gasteiger charge is 2.17. The SMILES string of the molecule is CCC(=O)N(CC(=O)O)c1ccc(OC(C)=O)cc1. The summed E-state index contributed by atoms with van der Waals surface area (Å²) in [6.07, 6.45) is 0.207. The van der Waals surface area contributed by atoms with Crippen molar-refractivity contribution in [1.29, 1.82) is 0 Å². The van der Waals surface area contributed by atoms with Crippen molar-refractivity contribution in [3.8, 4) is 5.75 Å². The summed E-state index contributed by atoms with van der Waals surface area (Å²) < 4.78 is 4.86. The molecule has 0 atom stereocenters. The molecule has 1 aromatic carbocycles. The molecular formula is C13H15NO5. The molecule has 1 aromatic rings. The van der Waals surface area contributed by atoms with Crippen LogP contribution in [0.4, 0.5) is 5.69 Å². The molecule has 0 saturated carbocycles. The number of carbonyl (C=O) groups excluding carboxylic acids is 2. The third kappa shape index (κ3) is 4.42. The summed E-state index contributed by atoms with van der Waals surface area (Å²) in [6.45, 7) is 2.54. The van der Waals surface area contributed by atoms with Crippen molar-refractivity contribution in [1.82, 2.24) is 0 Å². The van der Waals surface area contributed by atoms with Crippen LogP contribution < -0.4 is 9.64 Å². The van der Waals surface area contributed by atoms with E-state index in [9.17, 15) is 14.4 Å². The predicted octanol–water partition coefficient (Wildman–Crippen LogP) is 1.44. The minimum atomic E-state index is -1.09. The maximum atomic E-state index is 11.7. The standard InChI is InChI=1S/C13H15NO5/c1-3-12(16)14(8-13(17)18)10-4-6-11(7-5-10)19-9(2)15/h4-7H,3,8H2,1-2H3,(H,17,18). The van der Waals surface area contributed by atoms with E-state index in [1.54, 1.807) is 6.92 Å². The number of aliphatic carboxylic acids is 1. The van der Waals surface area contributed by atoms with E-state index in [-0.39, 0.29) is 12.3 Å². The van der Waals surface area contributed by atoms with E-state index in [0.29, 0.717) is 11.4 Å². The minimum Gasteiger partial charge on any atom is -0.480 e. The van der Waals surface area contributed by atoms with Crippen LogP contribution in [0.3, 0.4) is 0 Å². The first kappa shape index (κ1) is 14.7. The molecule has 1 amide bonds. The number of ether oxygens (including phenoxy) is 1. The van der Waals surface area contributed by atoms with Crippen LogP contribution in [0.5, 0.6) is 5.75 Å². The van der Waals surface area contributed by atoms with Gasteiger partial charge in [-0.2, -0.15) is 0 Å². The molecule has 0 aliphatic heterocycles. The Kier molecular flexibility index (Phi) is 5.05. The number of carboxylic acids is 1. The number of carboxylic acid groups (broad SMARTS) is 1. The fourth-order valence-electron chi connectivity index (χ4n) is 1.51. The normalized spacial score (nSPS) is 9.79. The number of nitrogens with zero attached hydrogens (tertiary/aromatic N) is 1. The van der Waals surface area contributed by atoms with Crippen molar-refractivity contribution in [2.45, 2.75) is 20.3 Å². The first-order valence-electron chi connectivity index (χ1n) is 5.74. The van der Waals surface area contributed by atoms with Crippen molar-refractivity contribution >= 4 is 23.5 Å². The van der Waals surface area contributed by atoms with Crippen LogP contribution in [-0.2, 0) is 14.4 Å². The van der Waals surface area contributed by atoms with E-state index >= 15 is 0 Å². The largest absolute Gasteiger partial charge is 0.480 e. The van der Waals surface area contributed by atoms with E-state index in [1.807, 2.05) is 0 Å². The predicted molar refractivity (Wildman–Crippen MR) is 68.0 cm³/mol. The zero-order valence-electron chi connectivity index (χ0n) is 10.8. The number of hydrogen-bond acceptors (Lipinski definition) is 4. The fourth-order valence-corrected chi connectivity index (χ4v) is 1.51. The average Bonchev–Trinajstić information content (AvgIpc) is 2.35. The number of benzene rings is 1. The maximum Gasteiger partial charge on any atom is 0.323 e. The van der Waals surface area contributed by atoms with Crippen LogP contribution in [0.2, 0.25) is 0 Å². The van der Waals surface area contributed by atoms with Crippen LogP contribution in [0.15, 0.2) is 24.3 Å². The van der Waals surface area contributed by atoms with Gasteiger partial charge in [0.25, 0.3) is 0 Å². The second-order valence-electron chi connectivity index (χ2n) is 3.81. The van der Waals surface area contributed by atoms with Crippen molar-refractivity contribution in [2.75, 3.05) is 11.4 Å². The summed E-state index contributed by atoms with van der Waals surface area (Å²) in [7, 11) is 0. The number of amides is 1. The molecule has 0 radical (unpaired) electrons. The lowest BCUT2D eigenvalue weighted by Gasteiger charge is -2.20. The molecule has 102 valence electrons. The Morgan fingerprint density at radius 3 is 2.21 bits per heavy atom. The van der Waals surface area contributed by atoms with Gasteiger partial charge in [0.1, 0.15) is 12.3 Å². The van der Waals surface area contributed by atoms with Crippen LogP contribution >= 0.6 is 0 Å². The van der Waals surface area contributed by atoms with Gasteiger partial charge < -0.3 is 14.7 Å². The lowest BCUT2D eigenvalue weighted by molar-refractivity contribution is -0.136. The molecule has 0 unspecified atom stereocenters. The Labute approximate surface area is 110 Å². The first-order valence-corrected chi connectivity index (χ1v) is 5.74. The van der Waals surface area contributed by atoms with Gasteiger partial charge in [-0.1, -0.05) is 6.92 Å². The lowest BCUT2D eigenvalue weighted by Crippen LogP contribution is -2.35. The second kappa shape index (κ2) is 6.53. The molecule has 1 N–H and O–H groups in total. The fraction of sp³-hybridized carbons (Fsp3) is 0.308. The van der Waals surface area contributed by atoms with Gasteiger partial charge in [0.15, 0.2) is 0 Å². The number of hydrogen-bond donors (Lipinski definition) is 1. The molecule has 0 heterocycles. The number of carbonyl (C=O) groups is 3. The third-order valence-electron chi connectivity index (χ3n) is 2.31. The molecule has 0 aromatic heterocycles. The van der Waals surface area contributed by atoms with Gasteiger partial charge in [0.05, 0.1) is 0 Å². The monoisotopic (exact) mass is 265 g/mol. The molecule has 19 heavy (non-hydrogen) atoms. The summed E-state index contributed by atoms with van der Waals surface area (Å²) in [4.78, 5) is 34.4. The van der Waals surface area contributed by atoms with Gasteiger partial charge in [0, 0.05) is 19.0 Å². The summed E-state index contributed by atoms with van der Waals surface area (Å²) in [5.41, 5.74) is 0.449. The van der Waals surface area contributed by atoms with Crippen molar-refractivity contribution in [3.63, 3.8) is 0 Å². The second-order valence-corrected chi connectivity index (χ2v) is 3.81. The summed E-state index contributed by atoms with van der Waals surface area (Å²) in [5.74, 6) is -1.48. The Morgan fingerprint density at radius 1 is 1.21 bits per heavy atom. The molecule has 6 heteroatoms. The van der Waals surface area contributed by atoms with Crippen molar-refractivity contribution in [2.24, 2.45) is 0 Å². The highest BCUT2D eigenvalue weighted by Crippen LogP contribution is 2.20. The van der Waals surface area contributed by atoms with Crippen LogP contribution in [-0.4, -0.2) is 29.5 Å². The smallest absolute Gasteiger partial charge is 0.323 e. The zero-order valence-corrected chi connectivity index (χ0v) is 10.8. The highest BCUT2D eigenvalue weighted by atomic mass is 16.5. The summed E-state index contributed by atoms with van der Waals surface area (Å²) in [6, 6.07) is 6.09. The Balaban J connectivity index is 2.93. The first-order chi connectivity index (χ1) is 8.93. The molecule has 0 aliphatic rings. The average molecular weight is 265 g/mol. The van der Waals surface area contributed by atoms with Crippen molar-refractivity contribution < 1.29 is 24.2 Å². The number of esters is 1. The van der Waals surface area contributed by atoms with Gasteiger partial charge in [0.2, 0.25) is 5.91 Å². The van der Waals surface area contributed by atoms with E-state index < -0.39 is 18.5 Å². The van der Waals surface area contributed by atoms with Crippen molar-refractivity contribution in [3.05, 3.63) is 24.3 Å². The number of rotatable bonds is 5. The third-order valence-corrected chi connectivity index (χ3v) is 2.31. The van der Waals surface area contributed by atoms with Gasteiger partial charge in [-0.3, -0.25) is 14.4 Å². The van der Waals surface area contributed by atoms with Crippen LogP contribution in [0.25, 0.3) is 0 Å². The number of anilines is 1. The molecule has 0 saturated heterocycles. The molecular weight excluding hydrogens is 250 g/mol. The van der Waals surface area contributed by atoms with E-state index in [2.05, 4.69) is 0 Å². The van der Waals surface area contributed by atoms with E-state index in [1.165, 1.54) is 36.1 Å². The molecule has 0 bridgehead atoms. The quantitative estimate of drug-likeness (QED) is 0.643. The molecule has 6 nitrogen and oxygen atoms in total.